The van der Waals surface area contributed by atoms with E-state index in [1.165, 1.54) is 44.1 Å². The lowest BCUT2D eigenvalue weighted by Crippen LogP contribution is -2.03. The second kappa shape index (κ2) is 7.04. The minimum absolute atomic E-state index is 0.187. The molecule has 0 heterocycles. The molecule has 1 aliphatic carbocycles. The molecule has 0 amide bonds. The molecule has 1 saturated carbocycles. The molecule has 0 N–H and O–H groups in total. The first-order chi connectivity index (χ1) is 8.66. The summed E-state index contributed by atoms with van der Waals surface area (Å²) in [5.41, 5.74) is 1.17. The Morgan fingerprint density at radius 3 is 2.44 bits per heavy atom. The largest absolute Gasteiger partial charge is 0.206 e. The molecule has 0 aromatic heterocycles. The first-order valence-corrected chi connectivity index (χ1v) is 8.46. The number of alkyl halides is 1. The Kier molecular flexibility index (Phi) is 5.68. The van der Waals surface area contributed by atoms with Gasteiger partial charge in [-0.2, -0.15) is 0 Å². The fourth-order valence-electron chi connectivity index (χ4n) is 2.74. The van der Waals surface area contributed by atoms with Gasteiger partial charge in [0.05, 0.1) is 4.47 Å². The maximum atomic E-state index is 13.2. The highest BCUT2D eigenvalue weighted by Crippen LogP contribution is 2.36. The third-order valence-electron chi connectivity index (χ3n) is 3.82. The second-order valence-electron chi connectivity index (χ2n) is 5.23. The van der Waals surface area contributed by atoms with E-state index in [2.05, 4.69) is 31.9 Å². The van der Waals surface area contributed by atoms with Crippen molar-refractivity contribution in [2.45, 2.75) is 49.8 Å². The highest BCUT2D eigenvalue weighted by molar-refractivity contribution is 9.10. The molecule has 0 aliphatic heterocycles. The minimum Gasteiger partial charge on any atom is -0.206 e. The lowest BCUT2D eigenvalue weighted by molar-refractivity contribution is 0.427. The van der Waals surface area contributed by atoms with Crippen LogP contribution in [0.2, 0.25) is 0 Å². The molecule has 1 unspecified atom stereocenters. The van der Waals surface area contributed by atoms with Crippen LogP contribution < -0.4 is 0 Å². The van der Waals surface area contributed by atoms with E-state index < -0.39 is 0 Å². The van der Waals surface area contributed by atoms with Gasteiger partial charge in [0.2, 0.25) is 0 Å². The molecule has 1 fully saturated rings. The van der Waals surface area contributed by atoms with Crippen molar-refractivity contribution in [3.63, 3.8) is 0 Å². The first-order valence-electron chi connectivity index (χ1n) is 6.76. The minimum atomic E-state index is -0.187. The summed E-state index contributed by atoms with van der Waals surface area (Å²) in [6, 6.07) is 5.32. The molecule has 0 radical (unpaired) electrons. The highest BCUT2D eigenvalue weighted by Gasteiger charge is 2.18. The van der Waals surface area contributed by atoms with Crippen molar-refractivity contribution in [2.24, 2.45) is 5.92 Å². The zero-order valence-corrected chi connectivity index (χ0v) is 13.6. The van der Waals surface area contributed by atoms with Crippen LogP contribution in [0.25, 0.3) is 0 Å². The summed E-state index contributed by atoms with van der Waals surface area (Å²) in [5, 5.41) is 0. The number of halogens is 3. The van der Waals surface area contributed by atoms with E-state index in [0.29, 0.717) is 9.30 Å². The highest BCUT2D eigenvalue weighted by atomic mass is 79.9. The normalized spacial score (nSPS) is 19.5. The monoisotopic (exact) mass is 376 g/mol. The predicted octanol–water partition coefficient (Wildman–Crippen LogP) is 6.38. The van der Waals surface area contributed by atoms with Gasteiger partial charge in [0, 0.05) is 4.83 Å². The Hall–Kier alpha value is 0.110. The predicted molar refractivity (Wildman–Crippen MR) is 81.6 cm³/mol. The lowest BCUT2D eigenvalue weighted by Gasteiger charge is -2.18. The average molecular weight is 378 g/mol. The molecule has 3 heteroatoms. The van der Waals surface area contributed by atoms with Crippen LogP contribution in [0.1, 0.15) is 55.3 Å². The van der Waals surface area contributed by atoms with Crippen LogP contribution in [-0.2, 0) is 0 Å². The molecule has 0 saturated heterocycles. The van der Waals surface area contributed by atoms with Crippen LogP contribution in [0, 0.1) is 11.7 Å². The molecule has 1 aromatic rings. The van der Waals surface area contributed by atoms with Crippen molar-refractivity contribution in [3.8, 4) is 0 Å². The zero-order chi connectivity index (χ0) is 13.0. The lowest BCUT2D eigenvalue weighted by atomic mass is 9.93. The molecule has 0 spiro atoms. The third-order valence-corrected chi connectivity index (χ3v) is 5.33. The molecule has 0 nitrogen and oxygen atoms in total. The molecular formula is C15H19Br2F. The van der Waals surface area contributed by atoms with Crippen LogP contribution >= 0.6 is 31.9 Å². The SMILES string of the molecule is Fc1ccc(C(Br)CC2CCCCCC2)cc1Br. The smallest absolute Gasteiger partial charge is 0.137 e. The summed E-state index contributed by atoms with van der Waals surface area (Å²) in [6.07, 6.45) is 9.40. The van der Waals surface area contributed by atoms with Crippen LogP contribution in [0.3, 0.4) is 0 Å². The number of rotatable bonds is 3. The summed E-state index contributed by atoms with van der Waals surface area (Å²) in [4.78, 5) is 0.345. The van der Waals surface area contributed by atoms with Crippen molar-refractivity contribution in [3.05, 3.63) is 34.1 Å². The number of benzene rings is 1. The van der Waals surface area contributed by atoms with Crippen LogP contribution in [0.4, 0.5) is 4.39 Å². The van der Waals surface area contributed by atoms with Gasteiger partial charge in [-0.3, -0.25) is 0 Å². The first kappa shape index (κ1) is 14.5. The molecule has 1 aliphatic rings. The molecule has 18 heavy (non-hydrogen) atoms. The fourth-order valence-corrected chi connectivity index (χ4v) is 3.95. The molecule has 2 rings (SSSR count). The summed E-state index contributed by atoms with van der Waals surface area (Å²) in [5.74, 6) is 0.633. The van der Waals surface area contributed by atoms with Gasteiger partial charge < -0.3 is 0 Å². The third kappa shape index (κ3) is 4.06. The molecule has 100 valence electrons. The Bertz CT molecular complexity index is 384. The van der Waals surface area contributed by atoms with Crippen molar-refractivity contribution in [1.29, 1.82) is 0 Å². The number of hydrogen-bond donors (Lipinski definition) is 0. The van der Waals surface area contributed by atoms with E-state index >= 15 is 0 Å². The molecule has 1 aromatic carbocycles. The van der Waals surface area contributed by atoms with Crippen molar-refractivity contribution < 1.29 is 4.39 Å². The van der Waals surface area contributed by atoms with E-state index in [-0.39, 0.29) is 5.82 Å². The van der Waals surface area contributed by atoms with E-state index in [9.17, 15) is 4.39 Å². The Balaban J connectivity index is 1.97. The van der Waals surface area contributed by atoms with Gasteiger partial charge in [-0.05, 0) is 46.0 Å². The molecule has 0 bridgehead atoms. The van der Waals surface area contributed by atoms with Gasteiger partial charge in [-0.25, -0.2) is 4.39 Å². The van der Waals surface area contributed by atoms with E-state index in [0.717, 1.165) is 12.3 Å². The van der Waals surface area contributed by atoms with E-state index in [1.54, 1.807) is 6.07 Å². The summed E-state index contributed by atoms with van der Waals surface area (Å²) < 4.78 is 13.8. The molecule has 1 atom stereocenters. The van der Waals surface area contributed by atoms with Crippen molar-refractivity contribution >= 4 is 31.9 Å². The van der Waals surface area contributed by atoms with Crippen molar-refractivity contribution in [1.82, 2.24) is 0 Å². The van der Waals surface area contributed by atoms with Gasteiger partial charge in [0.1, 0.15) is 5.82 Å². The Labute approximate surface area is 126 Å². The fraction of sp³-hybridized carbons (Fsp3) is 0.600. The maximum absolute atomic E-state index is 13.2. The Morgan fingerprint density at radius 2 is 1.83 bits per heavy atom. The van der Waals surface area contributed by atoms with Gasteiger partial charge in [0.25, 0.3) is 0 Å². The summed E-state index contributed by atoms with van der Waals surface area (Å²) in [7, 11) is 0. The van der Waals surface area contributed by atoms with Crippen molar-refractivity contribution in [2.75, 3.05) is 0 Å². The Morgan fingerprint density at radius 1 is 1.17 bits per heavy atom. The van der Waals surface area contributed by atoms with Crippen LogP contribution in [0.5, 0.6) is 0 Å². The average Bonchev–Trinajstić information content (AvgIpc) is 2.61. The van der Waals surface area contributed by atoms with Gasteiger partial charge in [0.15, 0.2) is 0 Å². The zero-order valence-electron chi connectivity index (χ0n) is 10.5. The maximum Gasteiger partial charge on any atom is 0.137 e. The van der Waals surface area contributed by atoms with E-state index in [4.69, 9.17) is 0 Å². The van der Waals surface area contributed by atoms with Gasteiger partial charge in [-0.1, -0.05) is 60.5 Å². The molecular weight excluding hydrogens is 359 g/mol. The topological polar surface area (TPSA) is 0 Å². The van der Waals surface area contributed by atoms with Gasteiger partial charge >= 0.3 is 0 Å². The quantitative estimate of drug-likeness (QED) is 0.423. The number of hydrogen-bond acceptors (Lipinski definition) is 0. The van der Waals surface area contributed by atoms with E-state index in [1.807, 2.05) is 12.1 Å². The summed E-state index contributed by atoms with van der Waals surface area (Å²) >= 11 is 7.02. The second-order valence-corrected chi connectivity index (χ2v) is 7.19. The van der Waals surface area contributed by atoms with Gasteiger partial charge in [-0.15, -0.1) is 0 Å². The standard InChI is InChI=1S/C15H19Br2F/c16-13(9-11-5-3-1-2-4-6-11)12-7-8-15(18)14(17)10-12/h7-8,10-11,13H,1-6,9H2. The summed E-state index contributed by atoms with van der Waals surface area (Å²) in [6.45, 7) is 0. The van der Waals surface area contributed by atoms with Crippen LogP contribution in [0.15, 0.2) is 22.7 Å². The van der Waals surface area contributed by atoms with Crippen LogP contribution in [-0.4, -0.2) is 0 Å².